The zero-order valence-corrected chi connectivity index (χ0v) is 10.2. The molecule has 0 aromatic carbocycles. The summed E-state index contributed by atoms with van der Waals surface area (Å²) in [7, 11) is 0. The Labute approximate surface area is 101 Å². The molecule has 0 bridgehead atoms. The van der Waals surface area contributed by atoms with Crippen LogP contribution in [-0.4, -0.2) is 16.0 Å². The molecule has 1 aromatic rings. The van der Waals surface area contributed by atoms with Crippen molar-refractivity contribution in [2.45, 2.75) is 38.6 Å². The normalized spacial score (nSPS) is 25.4. The second kappa shape index (κ2) is 4.87. The number of hydrogen-bond acceptors (Lipinski definition) is 4. The first-order valence-corrected chi connectivity index (χ1v) is 6.07. The number of nitrogens with zero attached hydrogens (tertiary/aromatic N) is 2. The third kappa shape index (κ3) is 2.76. The van der Waals surface area contributed by atoms with Crippen LogP contribution in [-0.2, 0) is 0 Å². The van der Waals surface area contributed by atoms with Gasteiger partial charge in [0.25, 0.3) is 0 Å². The molecular weight excluding hydrogens is 224 g/mol. The lowest BCUT2D eigenvalue weighted by Crippen LogP contribution is -2.26. The highest BCUT2D eigenvalue weighted by molar-refractivity contribution is 6.32. The standard InChI is InChI=1S/C11H17ClN4/c1-7-2-4-8(5-3-7)15-10-9(12)6-14-11(13)16-10/h6-8H,2-5H2,1H3,(H3,13,14,15,16). The molecule has 88 valence electrons. The number of nitrogens with two attached hydrogens (primary N) is 1. The first kappa shape index (κ1) is 11.5. The lowest BCUT2D eigenvalue weighted by molar-refractivity contribution is 0.361. The molecule has 1 aromatic heterocycles. The quantitative estimate of drug-likeness (QED) is 0.834. The van der Waals surface area contributed by atoms with Gasteiger partial charge in [0.2, 0.25) is 5.95 Å². The molecule has 1 aliphatic carbocycles. The van der Waals surface area contributed by atoms with E-state index in [-0.39, 0.29) is 5.95 Å². The van der Waals surface area contributed by atoms with E-state index in [1.807, 2.05) is 0 Å². The van der Waals surface area contributed by atoms with Crippen LogP contribution in [0.2, 0.25) is 5.02 Å². The fraction of sp³-hybridized carbons (Fsp3) is 0.636. The average Bonchev–Trinajstić information content (AvgIpc) is 2.27. The van der Waals surface area contributed by atoms with E-state index < -0.39 is 0 Å². The van der Waals surface area contributed by atoms with Crippen LogP contribution in [0.1, 0.15) is 32.6 Å². The Hall–Kier alpha value is -1.03. The molecule has 0 aliphatic heterocycles. The van der Waals surface area contributed by atoms with Gasteiger partial charge in [-0.2, -0.15) is 4.98 Å². The second-order valence-electron chi connectivity index (χ2n) is 4.53. The van der Waals surface area contributed by atoms with Crippen molar-refractivity contribution in [3.05, 3.63) is 11.2 Å². The molecule has 0 unspecified atom stereocenters. The van der Waals surface area contributed by atoms with Crippen molar-refractivity contribution >= 4 is 23.4 Å². The molecule has 0 amide bonds. The Morgan fingerprint density at radius 2 is 2.06 bits per heavy atom. The third-order valence-corrected chi connectivity index (χ3v) is 3.40. The van der Waals surface area contributed by atoms with Crippen LogP contribution >= 0.6 is 11.6 Å². The monoisotopic (exact) mass is 240 g/mol. The van der Waals surface area contributed by atoms with Crippen molar-refractivity contribution in [3.63, 3.8) is 0 Å². The van der Waals surface area contributed by atoms with E-state index in [1.165, 1.54) is 31.9 Å². The van der Waals surface area contributed by atoms with Crippen molar-refractivity contribution in [1.29, 1.82) is 0 Å². The van der Waals surface area contributed by atoms with Crippen molar-refractivity contribution < 1.29 is 0 Å². The Bertz CT molecular complexity index is 361. The molecule has 0 spiro atoms. The number of nitrogen functional groups attached to an aromatic ring is 1. The first-order chi connectivity index (χ1) is 7.65. The van der Waals surface area contributed by atoms with Crippen LogP contribution in [0, 0.1) is 5.92 Å². The topological polar surface area (TPSA) is 63.8 Å². The van der Waals surface area contributed by atoms with Crippen LogP contribution < -0.4 is 11.1 Å². The Kier molecular flexibility index (Phi) is 3.49. The molecule has 2 rings (SSSR count). The van der Waals surface area contributed by atoms with Crippen molar-refractivity contribution in [2.75, 3.05) is 11.1 Å². The van der Waals surface area contributed by atoms with Gasteiger partial charge in [0, 0.05) is 6.04 Å². The molecule has 1 saturated carbocycles. The van der Waals surface area contributed by atoms with Crippen molar-refractivity contribution in [2.24, 2.45) is 5.92 Å². The highest BCUT2D eigenvalue weighted by Crippen LogP contribution is 2.27. The Morgan fingerprint density at radius 3 is 2.75 bits per heavy atom. The summed E-state index contributed by atoms with van der Waals surface area (Å²) in [5, 5.41) is 3.88. The summed E-state index contributed by atoms with van der Waals surface area (Å²) >= 11 is 6.00. The molecule has 0 saturated heterocycles. The summed E-state index contributed by atoms with van der Waals surface area (Å²) in [6, 6.07) is 0.461. The van der Waals surface area contributed by atoms with Crippen LogP contribution in [0.3, 0.4) is 0 Å². The largest absolute Gasteiger partial charge is 0.368 e. The maximum absolute atomic E-state index is 6.00. The number of anilines is 2. The van der Waals surface area contributed by atoms with Gasteiger partial charge in [0.1, 0.15) is 5.02 Å². The van der Waals surface area contributed by atoms with E-state index in [0.29, 0.717) is 16.9 Å². The molecule has 1 aliphatic rings. The van der Waals surface area contributed by atoms with Crippen molar-refractivity contribution in [1.82, 2.24) is 9.97 Å². The molecule has 0 atom stereocenters. The van der Waals surface area contributed by atoms with Gasteiger partial charge >= 0.3 is 0 Å². The van der Waals surface area contributed by atoms with Gasteiger partial charge in [-0.3, -0.25) is 0 Å². The minimum Gasteiger partial charge on any atom is -0.368 e. The molecule has 1 heterocycles. The van der Waals surface area contributed by atoms with E-state index in [4.69, 9.17) is 17.3 Å². The number of nitrogens with one attached hydrogen (secondary N) is 1. The van der Waals surface area contributed by atoms with Gasteiger partial charge < -0.3 is 11.1 Å². The van der Waals surface area contributed by atoms with E-state index in [2.05, 4.69) is 22.2 Å². The van der Waals surface area contributed by atoms with Gasteiger partial charge in [-0.05, 0) is 31.6 Å². The molecule has 0 radical (unpaired) electrons. The molecule has 5 heteroatoms. The minimum atomic E-state index is 0.260. The molecular formula is C11H17ClN4. The Balaban J connectivity index is 2.00. The Morgan fingerprint density at radius 1 is 1.38 bits per heavy atom. The number of aromatic nitrogens is 2. The lowest BCUT2D eigenvalue weighted by Gasteiger charge is -2.27. The first-order valence-electron chi connectivity index (χ1n) is 5.69. The van der Waals surface area contributed by atoms with Gasteiger partial charge in [0.05, 0.1) is 6.20 Å². The molecule has 16 heavy (non-hydrogen) atoms. The van der Waals surface area contributed by atoms with E-state index >= 15 is 0 Å². The summed E-state index contributed by atoms with van der Waals surface area (Å²) in [5.74, 6) is 1.76. The average molecular weight is 241 g/mol. The zero-order valence-electron chi connectivity index (χ0n) is 9.41. The number of halogens is 1. The summed E-state index contributed by atoms with van der Waals surface area (Å²) in [5.41, 5.74) is 5.53. The zero-order chi connectivity index (χ0) is 11.5. The smallest absolute Gasteiger partial charge is 0.222 e. The van der Waals surface area contributed by atoms with Crippen molar-refractivity contribution in [3.8, 4) is 0 Å². The summed E-state index contributed by atoms with van der Waals surface area (Å²) in [6.07, 6.45) is 6.40. The summed E-state index contributed by atoms with van der Waals surface area (Å²) < 4.78 is 0. The molecule has 3 N–H and O–H groups in total. The molecule has 4 nitrogen and oxygen atoms in total. The maximum Gasteiger partial charge on any atom is 0.222 e. The predicted octanol–water partition coefficient (Wildman–Crippen LogP) is 2.70. The van der Waals surface area contributed by atoms with Crippen LogP contribution in [0.25, 0.3) is 0 Å². The van der Waals surface area contributed by atoms with E-state index in [9.17, 15) is 0 Å². The lowest BCUT2D eigenvalue weighted by atomic mass is 9.87. The van der Waals surface area contributed by atoms with Gasteiger partial charge in [0.15, 0.2) is 5.82 Å². The predicted molar refractivity (Wildman–Crippen MR) is 66.5 cm³/mol. The van der Waals surface area contributed by atoms with E-state index in [1.54, 1.807) is 0 Å². The van der Waals surface area contributed by atoms with Gasteiger partial charge in [-0.1, -0.05) is 18.5 Å². The maximum atomic E-state index is 6.00. The number of rotatable bonds is 2. The van der Waals surface area contributed by atoms with Gasteiger partial charge in [-0.25, -0.2) is 4.98 Å². The minimum absolute atomic E-state index is 0.260. The molecule has 1 fully saturated rings. The van der Waals surface area contributed by atoms with Crippen LogP contribution in [0.15, 0.2) is 6.20 Å². The highest BCUT2D eigenvalue weighted by Gasteiger charge is 2.19. The van der Waals surface area contributed by atoms with E-state index in [0.717, 1.165) is 5.92 Å². The highest BCUT2D eigenvalue weighted by atomic mass is 35.5. The summed E-state index contributed by atoms with van der Waals surface area (Å²) in [6.45, 7) is 2.30. The fourth-order valence-electron chi connectivity index (χ4n) is 2.08. The van der Waals surface area contributed by atoms with Crippen LogP contribution in [0.4, 0.5) is 11.8 Å². The van der Waals surface area contributed by atoms with Gasteiger partial charge in [-0.15, -0.1) is 0 Å². The number of hydrogen-bond donors (Lipinski definition) is 2. The second-order valence-corrected chi connectivity index (χ2v) is 4.93. The SMILES string of the molecule is CC1CCC(Nc2nc(N)ncc2Cl)CC1. The third-order valence-electron chi connectivity index (χ3n) is 3.12. The summed E-state index contributed by atoms with van der Waals surface area (Å²) in [4.78, 5) is 7.95. The fourth-order valence-corrected chi connectivity index (χ4v) is 2.23. The van der Waals surface area contributed by atoms with Crippen LogP contribution in [0.5, 0.6) is 0 Å².